The average molecular weight is 272 g/mol. The highest BCUT2D eigenvalue weighted by Crippen LogP contribution is 2.27. The van der Waals surface area contributed by atoms with Gasteiger partial charge in [-0.05, 0) is 40.8 Å². The molecule has 0 aromatic heterocycles. The molecule has 0 amide bonds. The van der Waals surface area contributed by atoms with Crippen LogP contribution in [0.2, 0.25) is 0 Å². The Labute approximate surface area is 124 Å². The minimum atomic E-state index is 0.711. The highest BCUT2D eigenvalue weighted by molar-refractivity contribution is 5.80. The van der Waals surface area contributed by atoms with E-state index in [2.05, 4.69) is 43.3 Å². The van der Waals surface area contributed by atoms with Crippen LogP contribution in [0.15, 0.2) is 72.8 Å². The van der Waals surface area contributed by atoms with E-state index >= 15 is 0 Å². The van der Waals surface area contributed by atoms with Crippen molar-refractivity contribution >= 4 is 6.29 Å². The predicted octanol–water partition coefficient (Wildman–Crippen LogP) is 5.14. The zero-order valence-electron chi connectivity index (χ0n) is 11.9. The highest BCUT2D eigenvalue weighted by atomic mass is 16.1. The second-order valence-corrected chi connectivity index (χ2v) is 5.14. The summed E-state index contributed by atoms with van der Waals surface area (Å²) in [4.78, 5) is 10.9. The Hall–Kier alpha value is -2.67. The van der Waals surface area contributed by atoms with E-state index in [9.17, 15) is 4.79 Å². The van der Waals surface area contributed by atoms with Gasteiger partial charge in [-0.3, -0.25) is 4.79 Å². The van der Waals surface area contributed by atoms with Gasteiger partial charge in [-0.25, -0.2) is 0 Å². The number of aryl methyl sites for hydroxylation is 1. The number of aldehydes is 1. The van der Waals surface area contributed by atoms with E-state index in [0.717, 1.165) is 17.4 Å². The fraction of sp³-hybridized carbons (Fsp3) is 0.0500. The lowest BCUT2D eigenvalue weighted by Gasteiger charge is -2.08. The maximum Gasteiger partial charge on any atom is 0.150 e. The summed E-state index contributed by atoms with van der Waals surface area (Å²) in [5.74, 6) is 0. The van der Waals surface area contributed by atoms with E-state index in [0.29, 0.717) is 5.56 Å². The maximum atomic E-state index is 10.9. The second kappa shape index (κ2) is 5.76. The van der Waals surface area contributed by atoms with E-state index in [1.807, 2.05) is 36.4 Å². The number of hydrogen-bond donors (Lipinski definition) is 0. The number of rotatable bonds is 3. The normalized spacial score (nSPS) is 10.3. The maximum absolute atomic E-state index is 10.9. The molecule has 102 valence electrons. The van der Waals surface area contributed by atoms with Crippen LogP contribution in [0.25, 0.3) is 22.3 Å². The smallest absolute Gasteiger partial charge is 0.150 e. The van der Waals surface area contributed by atoms with Crippen molar-refractivity contribution < 1.29 is 4.79 Å². The lowest BCUT2D eigenvalue weighted by molar-refractivity contribution is 0.112. The minimum Gasteiger partial charge on any atom is -0.298 e. The quantitative estimate of drug-likeness (QED) is 0.603. The van der Waals surface area contributed by atoms with Gasteiger partial charge in [-0.2, -0.15) is 0 Å². The Morgan fingerprint density at radius 1 is 0.714 bits per heavy atom. The summed E-state index contributed by atoms with van der Waals surface area (Å²) in [7, 11) is 0. The molecule has 1 heteroatoms. The molecule has 0 fully saturated rings. The van der Waals surface area contributed by atoms with Gasteiger partial charge in [0.25, 0.3) is 0 Å². The van der Waals surface area contributed by atoms with Crippen LogP contribution in [0.4, 0.5) is 0 Å². The second-order valence-electron chi connectivity index (χ2n) is 5.14. The summed E-state index contributed by atoms with van der Waals surface area (Å²) >= 11 is 0. The number of carbonyl (C=O) groups is 1. The van der Waals surface area contributed by atoms with Gasteiger partial charge < -0.3 is 0 Å². The number of carbonyl (C=O) groups excluding carboxylic acids is 1. The lowest BCUT2D eigenvalue weighted by atomic mass is 9.96. The van der Waals surface area contributed by atoms with Crippen molar-refractivity contribution in [2.24, 2.45) is 0 Å². The van der Waals surface area contributed by atoms with Crippen LogP contribution in [0.3, 0.4) is 0 Å². The first-order valence-corrected chi connectivity index (χ1v) is 6.99. The van der Waals surface area contributed by atoms with Crippen LogP contribution < -0.4 is 0 Å². The van der Waals surface area contributed by atoms with Crippen molar-refractivity contribution in [3.63, 3.8) is 0 Å². The summed E-state index contributed by atoms with van der Waals surface area (Å²) in [5, 5.41) is 0. The molecule has 0 spiro atoms. The van der Waals surface area contributed by atoms with E-state index in [4.69, 9.17) is 0 Å². The van der Waals surface area contributed by atoms with Crippen molar-refractivity contribution in [3.05, 3.63) is 83.9 Å². The monoisotopic (exact) mass is 272 g/mol. The Balaban J connectivity index is 2.00. The van der Waals surface area contributed by atoms with Crippen molar-refractivity contribution in [2.45, 2.75) is 6.92 Å². The summed E-state index contributed by atoms with van der Waals surface area (Å²) in [6.07, 6.45) is 0.890. The Kier molecular flexibility index (Phi) is 3.65. The van der Waals surface area contributed by atoms with Crippen LogP contribution in [0, 0.1) is 6.92 Å². The Morgan fingerprint density at radius 3 is 2.00 bits per heavy atom. The molecule has 0 aliphatic rings. The van der Waals surface area contributed by atoms with Crippen LogP contribution >= 0.6 is 0 Å². The van der Waals surface area contributed by atoms with Crippen molar-refractivity contribution in [1.82, 2.24) is 0 Å². The van der Waals surface area contributed by atoms with Crippen LogP contribution in [0.1, 0.15) is 15.9 Å². The zero-order valence-corrected chi connectivity index (χ0v) is 11.9. The fourth-order valence-electron chi connectivity index (χ4n) is 2.50. The lowest BCUT2D eigenvalue weighted by Crippen LogP contribution is -1.87. The molecule has 0 unspecified atom stereocenters. The van der Waals surface area contributed by atoms with Crippen molar-refractivity contribution in [3.8, 4) is 22.3 Å². The molecule has 0 saturated carbocycles. The fourth-order valence-corrected chi connectivity index (χ4v) is 2.50. The summed E-state index contributed by atoms with van der Waals surface area (Å²) in [6, 6.07) is 24.6. The van der Waals surface area contributed by atoms with E-state index in [1.54, 1.807) is 0 Å². The van der Waals surface area contributed by atoms with Crippen molar-refractivity contribution in [2.75, 3.05) is 0 Å². The molecule has 0 aliphatic carbocycles. The zero-order chi connectivity index (χ0) is 14.7. The van der Waals surface area contributed by atoms with Crippen LogP contribution in [0.5, 0.6) is 0 Å². The van der Waals surface area contributed by atoms with Crippen LogP contribution in [-0.2, 0) is 0 Å². The van der Waals surface area contributed by atoms with Gasteiger partial charge >= 0.3 is 0 Å². The van der Waals surface area contributed by atoms with Crippen molar-refractivity contribution in [1.29, 1.82) is 0 Å². The molecule has 3 rings (SSSR count). The van der Waals surface area contributed by atoms with Gasteiger partial charge in [0.1, 0.15) is 6.29 Å². The topological polar surface area (TPSA) is 17.1 Å². The molecule has 1 nitrogen and oxygen atoms in total. The predicted molar refractivity (Wildman–Crippen MR) is 87.4 cm³/mol. The molecule has 21 heavy (non-hydrogen) atoms. The molecule has 0 bridgehead atoms. The van der Waals surface area contributed by atoms with Gasteiger partial charge in [0.15, 0.2) is 0 Å². The highest BCUT2D eigenvalue weighted by Gasteiger charge is 2.04. The van der Waals surface area contributed by atoms with E-state index in [1.165, 1.54) is 16.7 Å². The molecule has 0 atom stereocenters. The molecule has 0 saturated heterocycles. The number of benzene rings is 3. The van der Waals surface area contributed by atoms with Gasteiger partial charge in [0.05, 0.1) is 0 Å². The average Bonchev–Trinajstić information content (AvgIpc) is 2.56. The SMILES string of the molecule is Cc1ccc(C=O)cc1-c1ccc(-c2ccccc2)cc1. The molecule has 0 N–H and O–H groups in total. The number of hydrogen-bond acceptors (Lipinski definition) is 1. The Morgan fingerprint density at radius 2 is 1.33 bits per heavy atom. The third-order valence-electron chi connectivity index (χ3n) is 3.70. The molecular formula is C20H16O. The molecule has 0 aliphatic heterocycles. The first kappa shape index (κ1) is 13.3. The van der Waals surface area contributed by atoms with E-state index < -0.39 is 0 Å². The standard InChI is InChI=1S/C20H16O/c1-15-7-8-16(14-21)13-20(15)19-11-9-18(10-12-19)17-5-3-2-4-6-17/h2-14H,1H3. The first-order valence-electron chi connectivity index (χ1n) is 6.99. The van der Waals surface area contributed by atoms with Gasteiger partial charge in [-0.1, -0.05) is 66.7 Å². The Bertz CT molecular complexity index is 756. The first-order chi connectivity index (χ1) is 10.3. The molecule has 3 aromatic carbocycles. The third-order valence-corrected chi connectivity index (χ3v) is 3.70. The largest absolute Gasteiger partial charge is 0.298 e. The van der Waals surface area contributed by atoms with Gasteiger partial charge in [-0.15, -0.1) is 0 Å². The third kappa shape index (κ3) is 2.77. The molecule has 0 radical (unpaired) electrons. The van der Waals surface area contributed by atoms with Gasteiger partial charge in [0, 0.05) is 5.56 Å². The van der Waals surface area contributed by atoms with Gasteiger partial charge in [0.2, 0.25) is 0 Å². The molecule has 0 heterocycles. The van der Waals surface area contributed by atoms with Crippen LogP contribution in [-0.4, -0.2) is 6.29 Å². The summed E-state index contributed by atoms with van der Waals surface area (Å²) in [5.41, 5.74) is 6.54. The summed E-state index contributed by atoms with van der Waals surface area (Å²) < 4.78 is 0. The molecule has 3 aromatic rings. The minimum absolute atomic E-state index is 0.711. The summed E-state index contributed by atoms with van der Waals surface area (Å²) in [6.45, 7) is 2.06. The molecular weight excluding hydrogens is 256 g/mol. The van der Waals surface area contributed by atoms with E-state index in [-0.39, 0.29) is 0 Å².